The van der Waals surface area contributed by atoms with Crippen LogP contribution in [0.1, 0.15) is 40.5 Å². The van der Waals surface area contributed by atoms with Crippen LogP contribution in [0.4, 0.5) is 0 Å². The number of esters is 3. The highest BCUT2D eigenvalue weighted by Crippen LogP contribution is 2.45. The summed E-state index contributed by atoms with van der Waals surface area (Å²) in [6, 6.07) is -0.286. The van der Waals surface area contributed by atoms with Gasteiger partial charge in [-0.3, -0.25) is 19.3 Å². The van der Waals surface area contributed by atoms with E-state index in [9.17, 15) is 14.4 Å². The van der Waals surface area contributed by atoms with Gasteiger partial charge in [-0.15, -0.1) is 11.6 Å². The number of unbranched alkanes of at least 4 members (excludes halogenated alkanes) is 1. The molecule has 0 N–H and O–H groups in total. The van der Waals surface area contributed by atoms with Gasteiger partial charge in [0.25, 0.3) is 0 Å². The number of likely N-dealkylation sites (tertiary alicyclic amines) is 1. The summed E-state index contributed by atoms with van der Waals surface area (Å²) in [5, 5.41) is -0.644. The van der Waals surface area contributed by atoms with Gasteiger partial charge >= 0.3 is 17.9 Å². The molecule has 1 unspecified atom stereocenters. The quantitative estimate of drug-likeness (QED) is 0.291. The van der Waals surface area contributed by atoms with Gasteiger partial charge in [0.2, 0.25) is 0 Å². The molecule has 0 spiro atoms. The highest BCUT2D eigenvalue weighted by atomic mass is 35.5. The van der Waals surface area contributed by atoms with Gasteiger partial charge in [-0.2, -0.15) is 0 Å². The Balaban J connectivity index is 2.46. The second-order valence-corrected chi connectivity index (χ2v) is 7.67. The minimum Gasteiger partial charge on any atom is -0.457 e. The lowest BCUT2D eigenvalue weighted by atomic mass is 9.77. The van der Waals surface area contributed by atoms with Crippen LogP contribution in [0.25, 0.3) is 0 Å². The van der Waals surface area contributed by atoms with Crippen molar-refractivity contribution in [3.8, 4) is 0 Å². The van der Waals surface area contributed by atoms with E-state index in [1.54, 1.807) is 0 Å². The first-order valence-corrected chi connectivity index (χ1v) is 9.68. The van der Waals surface area contributed by atoms with Crippen molar-refractivity contribution in [1.29, 1.82) is 0 Å². The zero-order chi connectivity index (χ0) is 20.3. The molecular formula is C19H28ClNO6. The molecule has 1 heterocycles. The number of ether oxygens (including phenoxy) is 3. The molecule has 27 heavy (non-hydrogen) atoms. The van der Waals surface area contributed by atoms with Gasteiger partial charge in [0, 0.05) is 33.2 Å². The van der Waals surface area contributed by atoms with E-state index in [1.807, 2.05) is 0 Å². The Kier molecular flexibility index (Phi) is 7.28. The monoisotopic (exact) mass is 401 g/mol. The molecule has 1 aliphatic carbocycles. The number of hydrogen-bond donors (Lipinski definition) is 0. The highest BCUT2D eigenvalue weighted by Gasteiger charge is 2.59. The number of fused-ring (bicyclic) bond motifs is 1. The van der Waals surface area contributed by atoms with Crippen molar-refractivity contribution >= 4 is 29.5 Å². The Bertz CT molecular complexity index is 609. The predicted molar refractivity (Wildman–Crippen MR) is 99.2 cm³/mol. The summed E-state index contributed by atoms with van der Waals surface area (Å²) in [7, 11) is 0. The van der Waals surface area contributed by atoms with Gasteiger partial charge in [0.1, 0.15) is 0 Å². The van der Waals surface area contributed by atoms with Crippen LogP contribution >= 0.6 is 11.6 Å². The van der Waals surface area contributed by atoms with E-state index in [0.717, 1.165) is 25.0 Å². The Morgan fingerprint density at radius 3 is 2.07 bits per heavy atom. The number of carbonyl (C=O) groups excluding carboxylic acids is 3. The zero-order valence-electron chi connectivity index (χ0n) is 16.3. The molecule has 2 fully saturated rings. The summed E-state index contributed by atoms with van der Waals surface area (Å²) in [5.74, 6) is -1.86. The number of halogens is 1. The molecular weight excluding hydrogens is 374 g/mol. The molecule has 2 aliphatic rings. The molecule has 0 aromatic carbocycles. The van der Waals surface area contributed by atoms with Crippen LogP contribution in [0, 0.1) is 5.92 Å². The molecule has 1 aliphatic heterocycles. The average molecular weight is 402 g/mol. The number of carbonyl (C=O) groups is 3. The maximum atomic E-state index is 11.8. The van der Waals surface area contributed by atoms with Gasteiger partial charge in [0.05, 0.1) is 11.4 Å². The van der Waals surface area contributed by atoms with Crippen LogP contribution < -0.4 is 0 Å². The van der Waals surface area contributed by atoms with E-state index in [1.165, 1.54) is 20.8 Å². The molecule has 0 aromatic heterocycles. The minimum absolute atomic E-state index is 0.246. The summed E-state index contributed by atoms with van der Waals surface area (Å²) in [5.41, 5.74) is 0.895. The van der Waals surface area contributed by atoms with Crippen LogP contribution in [0.15, 0.2) is 12.2 Å². The van der Waals surface area contributed by atoms with E-state index >= 15 is 0 Å². The predicted octanol–water partition coefficient (Wildman–Crippen LogP) is 2.06. The van der Waals surface area contributed by atoms with Crippen LogP contribution in [0.5, 0.6) is 0 Å². The van der Waals surface area contributed by atoms with Crippen molar-refractivity contribution in [3.05, 3.63) is 12.2 Å². The van der Waals surface area contributed by atoms with Gasteiger partial charge in [0.15, 0.2) is 18.3 Å². The van der Waals surface area contributed by atoms with E-state index in [2.05, 4.69) is 18.4 Å². The van der Waals surface area contributed by atoms with Gasteiger partial charge < -0.3 is 14.2 Å². The van der Waals surface area contributed by atoms with E-state index in [4.69, 9.17) is 25.8 Å². The number of alkyl halides is 1. The van der Waals surface area contributed by atoms with E-state index in [-0.39, 0.29) is 12.0 Å². The largest absolute Gasteiger partial charge is 0.457 e. The molecule has 1 saturated heterocycles. The first-order chi connectivity index (χ1) is 12.7. The minimum atomic E-state index is -0.978. The van der Waals surface area contributed by atoms with Crippen molar-refractivity contribution in [2.45, 2.75) is 70.3 Å². The van der Waals surface area contributed by atoms with Gasteiger partial charge in [-0.1, -0.05) is 25.5 Å². The lowest BCUT2D eigenvalue weighted by Crippen LogP contribution is -2.64. The Hall–Kier alpha value is -1.60. The number of rotatable bonds is 6. The van der Waals surface area contributed by atoms with Crippen molar-refractivity contribution < 1.29 is 28.6 Å². The molecule has 7 nitrogen and oxygen atoms in total. The lowest BCUT2D eigenvalue weighted by molar-refractivity contribution is -0.198. The summed E-state index contributed by atoms with van der Waals surface area (Å²) in [6.45, 7) is 11.4. The Labute approximate surface area is 164 Å². The fourth-order valence-electron chi connectivity index (χ4n) is 4.10. The first-order valence-electron chi connectivity index (χ1n) is 9.24. The Morgan fingerprint density at radius 2 is 1.56 bits per heavy atom. The van der Waals surface area contributed by atoms with Gasteiger partial charge in [-0.25, -0.2) is 0 Å². The molecule has 0 bridgehead atoms. The average Bonchev–Trinajstić information content (AvgIpc) is 2.88. The second kappa shape index (κ2) is 9.06. The van der Waals surface area contributed by atoms with Crippen molar-refractivity contribution in [3.63, 3.8) is 0 Å². The third-order valence-corrected chi connectivity index (χ3v) is 5.53. The van der Waals surface area contributed by atoms with Crippen molar-refractivity contribution in [1.82, 2.24) is 4.90 Å². The standard InChI is InChI=1S/C19H28ClNO6/c1-6-7-8-21-9-10(2)14-15(20)17(25-11(3)22)19(27-13(5)24)18(16(14)21)26-12(4)23/h14-19H,2,6-9H2,1,3-5H3/t14-,15?,16-,17+,18+,19+/m0/s1. The Morgan fingerprint density at radius 1 is 1.04 bits per heavy atom. The topological polar surface area (TPSA) is 82.1 Å². The summed E-state index contributed by atoms with van der Waals surface area (Å²) in [6.07, 6.45) is -0.740. The maximum Gasteiger partial charge on any atom is 0.303 e. The van der Waals surface area contributed by atoms with E-state index < -0.39 is 41.6 Å². The fraction of sp³-hybridized carbons (Fsp3) is 0.737. The van der Waals surface area contributed by atoms with Crippen LogP contribution in [0.3, 0.4) is 0 Å². The number of nitrogens with zero attached hydrogens (tertiary/aromatic N) is 1. The maximum absolute atomic E-state index is 11.8. The second-order valence-electron chi connectivity index (χ2n) is 7.17. The summed E-state index contributed by atoms with van der Waals surface area (Å²) in [4.78, 5) is 37.3. The highest BCUT2D eigenvalue weighted by molar-refractivity contribution is 6.21. The third kappa shape index (κ3) is 4.82. The number of hydrogen-bond acceptors (Lipinski definition) is 7. The lowest BCUT2D eigenvalue weighted by Gasteiger charge is -2.47. The third-order valence-electron chi connectivity index (χ3n) is 5.01. The van der Waals surface area contributed by atoms with E-state index in [0.29, 0.717) is 6.54 Å². The molecule has 152 valence electrons. The molecule has 0 radical (unpaired) electrons. The van der Waals surface area contributed by atoms with Crippen LogP contribution in [-0.2, 0) is 28.6 Å². The molecule has 8 heteroatoms. The SMILES string of the molecule is C=C1CN(CCCC)[C@@H]2[C@@H](OC(C)=O)[C@H](OC(C)=O)[C@H](OC(C)=O)C(Cl)[C@H]12. The molecule has 0 aromatic rings. The molecule has 2 rings (SSSR count). The van der Waals surface area contributed by atoms with Crippen molar-refractivity contribution in [2.75, 3.05) is 13.1 Å². The zero-order valence-corrected chi connectivity index (χ0v) is 17.0. The van der Waals surface area contributed by atoms with Crippen molar-refractivity contribution in [2.24, 2.45) is 5.92 Å². The summed E-state index contributed by atoms with van der Waals surface area (Å²) < 4.78 is 16.4. The van der Waals surface area contributed by atoms with Crippen LogP contribution in [0.2, 0.25) is 0 Å². The molecule has 6 atom stereocenters. The molecule has 0 amide bonds. The van der Waals surface area contributed by atoms with Gasteiger partial charge in [-0.05, 0) is 13.0 Å². The van der Waals surface area contributed by atoms with Crippen LogP contribution in [-0.4, -0.2) is 65.6 Å². The summed E-state index contributed by atoms with van der Waals surface area (Å²) >= 11 is 6.71. The smallest absolute Gasteiger partial charge is 0.303 e. The normalized spacial score (nSPS) is 33.3. The fourth-order valence-corrected chi connectivity index (χ4v) is 4.62. The first kappa shape index (κ1) is 21.7. The molecule has 1 saturated carbocycles.